The van der Waals surface area contributed by atoms with Crippen LogP contribution in [0.25, 0.3) is 0 Å². The fourth-order valence-electron chi connectivity index (χ4n) is 1.87. The van der Waals surface area contributed by atoms with Gasteiger partial charge in [-0.05, 0) is 37.1 Å². The van der Waals surface area contributed by atoms with Gasteiger partial charge in [0.2, 0.25) is 5.95 Å². The van der Waals surface area contributed by atoms with Gasteiger partial charge in [0.15, 0.2) is 5.82 Å². The van der Waals surface area contributed by atoms with Crippen molar-refractivity contribution in [1.29, 1.82) is 0 Å². The van der Waals surface area contributed by atoms with E-state index in [1.165, 1.54) is 0 Å². The molecule has 0 aliphatic rings. The molecule has 2 N–H and O–H groups in total. The minimum atomic E-state index is 0.477. The number of halogens is 1. The molecule has 112 valence electrons. The predicted octanol–water partition coefficient (Wildman–Crippen LogP) is 4.01. The van der Waals surface area contributed by atoms with Gasteiger partial charge in [-0.1, -0.05) is 18.5 Å². The smallest absolute Gasteiger partial charge is 0.224 e. The van der Waals surface area contributed by atoms with Gasteiger partial charge < -0.3 is 15.4 Å². The molecule has 0 atom stereocenters. The van der Waals surface area contributed by atoms with Crippen molar-refractivity contribution >= 4 is 29.1 Å². The van der Waals surface area contributed by atoms with E-state index in [4.69, 9.17) is 16.3 Å². The van der Waals surface area contributed by atoms with Crippen LogP contribution < -0.4 is 15.4 Å². The molecule has 1 aromatic carbocycles. The zero-order chi connectivity index (χ0) is 15.2. The van der Waals surface area contributed by atoms with Crippen LogP contribution in [-0.2, 0) is 0 Å². The molecule has 2 rings (SSSR count). The summed E-state index contributed by atoms with van der Waals surface area (Å²) in [5.41, 5.74) is 1.94. The molecule has 6 heteroatoms. The van der Waals surface area contributed by atoms with E-state index in [1.807, 2.05) is 25.1 Å². The highest BCUT2D eigenvalue weighted by atomic mass is 35.5. The summed E-state index contributed by atoms with van der Waals surface area (Å²) in [4.78, 5) is 8.53. The van der Waals surface area contributed by atoms with Crippen LogP contribution in [0.5, 0.6) is 5.75 Å². The minimum Gasteiger partial charge on any atom is -0.496 e. The van der Waals surface area contributed by atoms with Gasteiger partial charge in [0.1, 0.15) is 10.8 Å². The second-order valence-electron chi connectivity index (χ2n) is 4.63. The monoisotopic (exact) mass is 306 g/mol. The maximum absolute atomic E-state index is 6.14. The standard InChI is InChI=1S/C15H19ClN4O/c1-4-7-17-15-18-9-12(16)14(20-15)19-11-5-6-13(21-3)10(2)8-11/h5-6,8-9H,4,7H2,1-3H3,(H2,17,18,19,20). The lowest BCUT2D eigenvalue weighted by Gasteiger charge is -2.11. The van der Waals surface area contributed by atoms with Crippen molar-refractivity contribution in [3.63, 3.8) is 0 Å². The van der Waals surface area contributed by atoms with Crippen molar-refractivity contribution in [3.05, 3.63) is 35.0 Å². The lowest BCUT2D eigenvalue weighted by Crippen LogP contribution is -2.06. The first-order valence-electron chi connectivity index (χ1n) is 6.82. The molecule has 0 bridgehead atoms. The number of nitrogens with zero attached hydrogens (tertiary/aromatic N) is 2. The number of rotatable bonds is 6. The van der Waals surface area contributed by atoms with Crippen LogP contribution in [0.4, 0.5) is 17.5 Å². The van der Waals surface area contributed by atoms with Gasteiger partial charge in [0, 0.05) is 12.2 Å². The number of methoxy groups -OCH3 is 1. The Hall–Kier alpha value is -2.01. The van der Waals surface area contributed by atoms with E-state index in [-0.39, 0.29) is 0 Å². The van der Waals surface area contributed by atoms with Gasteiger partial charge in [0.25, 0.3) is 0 Å². The molecule has 1 aromatic heterocycles. The molecule has 1 heterocycles. The Morgan fingerprint density at radius 3 is 2.81 bits per heavy atom. The Kier molecular flexibility index (Phi) is 5.22. The Balaban J connectivity index is 2.20. The molecule has 2 aromatic rings. The lowest BCUT2D eigenvalue weighted by atomic mass is 10.2. The van der Waals surface area contributed by atoms with Crippen LogP contribution in [0.1, 0.15) is 18.9 Å². The van der Waals surface area contributed by atoms with Gasteiger partial charge >= 0.3 is 0 Å². The van der Waals surface area contributed by atoms with E-state index in [9.17, 15) is 0 Å². The second kappa shape index (κ2) is 7.13. The molecule has 21 heavy (non-hydrogen) atoms. The molecular weight excluding hydrogens is 288 g/mol. The quantitative estimate of drug-likeness (QED) is 0.844. The van der Waals surface area contributed by atoms with E-state index in [2.05, 4.69) is 27.5 Å². The van der Waals surface area contributed by atoms with Gasteiger partial charge in [-0.25, -0.2) is 4.98 Å². The van der Waals surface area contributed by atoms with Crippen LogP contribution in [0.15, 0.2) is 24.4 Å². The number of nitrogens with one attached hydrogen (secondary N) is 2. The minimum absolute atomic E-state index is 0.477. The summed E-state index contributed by atoms with van der Waals surface area (Å²) in [5.74, 6) is 1.99. The van der Waals surface area contributed by atoms with Crippen LogP contribution >= 0.6 is 11.6 Å². The van der Waals surface area contributed by atoms with Gasteiger partial charge in [-0.15, -0.1) is 0 Å². The average Bonchev–Trinajstić information content (AvgIpc) is 2.48. The zero-order valence-electron chi connectivity index (χ0n) is 12.4. The van der Waals surface area contributed by atoms with Crippen molar-refractivity contribution in [1.82, 2.24) is 9.97 Å². The van der Waals surface area contributed by atoms with Crippen LogP contribution in [0.2, 0.25) is 5.02 Å². The summed E-state index contributed by atoms with van der Waals surface area (Å²) in [6.45, 7) is 4.89. The topological polar surface area (TPSA) is 59.1 Å². The van der Waals surface area contributed by atoms with E-state index in [0.717, 1.165) is 30.0 Å². The second-order valence-corrected chi connectivity index (χ2v) is 5.03. The third-order valence-electron chi connectivity index (χ3n) is 2.93. The first kappa shape index (κ1) is 15.4. The number of aromatic nitrogens is 2. The summed E-state index contributed by atoms with van der Waals surface area (Å²) in [6.07, 6.45) is 2.59. The average molecular weight is 307 g/mol. The highest BCUT2D eigenvalue weighted by Gasteiger charge is 2.07. The molecule has 0 fully saturated rings. The predicted molar refractivity (Wildman–Crippen MR) is 86.8 cm³/mol. The summed E-state index contributed by atoms with van der Waals surface area (Å²) in [5, 5.41) is 6.82. The van der Waals surface area contributed by atoms with E-state index >= 15 is 0 Å². The first-order valence-corrected chi connectivity index (χ1v) is 7.20. The van der Waals surface area contributed by atoms with E-state index in [1.54, 1.807) is 13.3 Å². The molecule has 0 aliphatic heterocycles. The van der Waals surface area contributed by atoms with Crippen molar-refractivity contribution < 1.29 is 4.74 Å². The highest BCUT2D eigenvalue weighted by Crippen LogP contribution is 2.27. The molecule has 5 nitrogen and oxygen atoms in total. The van der Waals surface area contributed by atoms with Crippen molar-refractivity contribution in [2.24, 2.45) is 0 Å². The maximum atomic E-state index is 6.14. The molecule has 0 saturated carbocycles. The highest BCUT2D eigenvalue weighted by molar-refractivity contribution is 6.32. The van der Waals surface area contributed by atoms with Gasteiger partial charge in [-0.2, -0.15) is 4.98 Å². The van der Waals surface area contributed by atoms with Crippen molar-refractivity contribution in [2.75, 3.05) is 24.3 Å². The molecule has 0 saturated heterocycles. The third kappa shape index (κ3) is 3.98. The molecular formula is C15H19ClN4O. The fraction of sp³-hybridized carbons (Fsp3) is 0.333. The normalized spacial score (nSPS) is 10.3. The third-order valence-corrected chi connectivity index (χ3v) is 3.21. The fourth-order valence-corrected chi connectivity index (χ4v) is 2.01. The zero-order valence-corrected chi connectivity index (χ0v) is 13.2. The van der Waals surface area contributed by atoms with Crippen LogP contribution in [-0.4, -0.2) is 23.6 Å². The number of ether oxygens (including phenoxy) is 1. The van der Waals surface area contributed by atoms with Crippen molar-refractivity contribution in [2.45, 2.75) is 20.3 Å². The molecule has 0 radical (unpaired) electrons. The number of hydrogen-bond acceptors (Lipinski definition) is 5. The Morgan fingerprint density at radius 2 is 2.14 bits per heavy atom. The molecule has 0 spiro atoms. The molecule has 0 aliphatic carbocycles. The van der Waals surface area contributed by atoms with Crippen LogP contribution in [0, 0.1) is 6.92 Å². The Morgan fingerprint density at radius 1 is 1.33 bits per heavy atom. The maximum Gasteiger partial charge on any atom is 0.224 e. The Labute approximate surface area is 129 Å². The first-order chi connectivity index (χ1) is 10.1. The summed E-state index contributed by atoms with van der Waals surface area (Å²) in [7, 11) is 1.66. The van der Waals surface area contributed by atoms with Crippen molar-refractivity contribution in [3.8, 4) is 5.75 Å². The number of hydrogen-bond donors (Lipinski definition) is 2. The molecule has 0 unspecified atom stereocenters. The number of aryl methyl sites for hydroxylation is 1. The van der Waals surface area contributed by atoms with Gasteiger partial charge in [-0.3, -0.25) is 0 Å². The number of anilines is 3. The lowest BCUT2D eigenvalue weighted by molar-refractivity contribution is 0.412. The number of benzene rings is 1. The summed E-state index contributed by atoms with van der Waals surface area (Å²) < 4.78 is 5.25. The van der Waals surface area contributed by atoms with E-state index in [0.29, 0.717) is 16.8 Å². The van der Waals surface area contributed by atoms with Crippen LogP contribution in [0.3, 0.4) is 0 Å². The Bertz CT molecular complexity index is 619. The largest absolute Gasteiger partial charge is 0.496 e. The van der Waals surface area contributed by atoms with E-state index < -0.39 is 0 Å². The summed E-state index contributed by atoms with van der Waals surface area (Å²) in [6, 6.07) is 5.81. The van der Waals surface area contributed by atoms with Gasteiger partial charge in [0.05, 0.1) is 13.3 Å². The SMILES string of the molecule is CCCNc1ncc(Cl)c(Nc2ccc(OC)c(C)c2)n1. The molecule has 0 amide bonds. The summed E-state index contributed by atoms with van der Waals surface area (Å²) >= 11 is 6.14.